The van der Waals surface area contributed by atoms with E-state index >= 15 is 0 Å². The maximum atomic E-state index is 14.7. The minimum Gasteiger partial charge on any atom is -0.491 e. The number of hydrogen-bond acceptors (Lipinski definition) is 1. The highest BCUT2D eigenvalue weighted by Gasteiger charge is 2.35. The Labute approximate surface area is 207 Å². The first-order valence-corrected chi connectivity index (χ1v) is 14.7. The largest absolute Gasteiger partial charge is 0.491 e. The molecule has 3 aliphatic rings. The average Bonchev–Trinajstić information content (AvgIpc) is 2.88. The molecule has 1 nitrogen and oxygen atoms in total. The van der Waals surface area contributed by atoms with Gasteiger partial charge in [-0.3, -0.25) is 0 Å². The van der Waals surface area contributed by atoms with E-state index in [-0.39, 0.29) is 11.7 Å². The number of unbranched alkanes of at least 4 members (excludes halogenated alkanes) is 2. The van der Waals surface area contributed by atoms with Crippen LogP contribution in [0, 0.1) is 41.2 Å². The molecular formula is C31H48F2O. The van der Waals surface area contributed by atoms with Gasteiger partial charge in [-0.25, -0.2) is 4.39 Å². The standard InChI is InChI=1S/C31H48F2O/c1-3-5-6-7-22-8-10-23(11-9-22)24-12-14-25(15-13-24)26-16-18-27(19-17-26)28-20-21-29(34-4-2)31(33)30(28)32/h20-27H,3-19H2,1-2H3. The van der Waals surface area contributed by atoms with Crippen molar-refractivity contribution in [2.24, 2.45) is 29.6 Å². The molecule has 0 bridgehead atoms. The van der Waals surface area contributed by atoms with Gasteiger partial charge in [-0.05, 0) is 118 Å². The molecule has 0 saturated heterocycles. The van der Waals surface area contributed by atoms with Gasteiger partial charge in [0.05, 0.1) is 6.61 Å². The third-order valence-corrected chi connectivity index (χ3v) is 9.85. The summed E-state index contributed by atoms with van der Waals surface area (Å²) in [6.45, 7) is 4.45. The molecule has 0 amide bonds. The molecular weight excluding hydrogens is 426 g/mol. The van der Waals surface area contributed by atoms with E-state index in [0.717, 1.165) is 42.4 Å². The highest BCUT2D eigenvalue weighted by atomic mass is 19.2. The number of ether oxygens (including phenoxy) is 1. The molecule has 0 N–H and O–H groups in total. The Hall–Kier alpha value is -1.12. The van der Waals surface area contributed by atoms with E-state index < -0.39 is 11.6 Å². The zero-order valence-corrected chi connectivity index (χ0v) is 21.8. The summed E-state index contributed by atoms with van der Waals surface area (Å²) in [5.41, 5.74) is 0.563. The van der Waals surface area contributed by atoms with Gasteiger partial charge < -0.3 is 4.74 Å². The van der Waals surface area contributed by atoms with E-state index in [9.17, 15) is 8.78 Å². The molecule has 0 radical (unpaired) electrons. The monoisotopic (exact) mass is 474 g/mol. The Kier molecular flexibility index (Phi) is 9.71. The number of halogens is 2. The van der Waals surface area contributed by atoms with Crippen LogP contribution < -0.4 is 4.74 Å². The molecule has 1 aromatic rings. The first kappa shape index (κ1) is 26.0. The lowest BCUT2D eigenvalue weighted by atomic mass is 9.64. The van der Waals surface area contributed by atoms with Crippen LogP contribution in [0.15, 0.2) is 12.1 Å². The third-order valence-electron chi connectivity index (χ3n) is 9.85. The summed E-state index contributed by atoms with van der Waals surface area (Å²) in [5, 5.41) is 0. The fraction of sp³-hybridized carbons (Fsp3) is 0.806. The molecule has 3 aliphatic carbocycles. The van der Waals surface area contributed by atoms with E-state index in [1.165, 1.54) is 89.9 Å². The van der Waals surface area contributed by atoms with Gasteiger partial charge in [0.1, 0.15) is 0 Å². The van der Waals surface area contributed by atoms with Crippen molar-refractivity contribution >= 4 is 0 Å². The van der Waals surface area contributed by atoms with Crippen LogP contribution in [0.1, 0.15) is 128 Å². The maximum Gasteiger partial charge on any atom is 0.200 e. The second-order valence-electron chi connectivity index (χ2n) is 11.8. The molecule has 3 saturated carbocycles. The van der Waals surface area contributed by atoms with Crippen molar-refractivity contribution in [1.82, 2.24) is 0 Å². The Morgan fingerprint density at radius 3 is 1.74 bits per heavy atom. The zero-order chi connectivity index (χ0) is 23.9. The van der Waals surface area contributed by atoms with Crippen molar-refractivity contribution in [2.75, 3.05) is 6.61 Å². The van der Waals surface area contributed by atoms with Crippen LogP contribution in [0.4, 0.5) is 8.78 Å². The SMILES string of the molecule is CCCCCC1CCC(C2CCC(C3CCC(c4ccc(OCC)c(F)c4F)CC3)CC2)CC1. The summed E-state index contributed by atoms with van der Waals surface area (Å²) >= 11 is 0. The average molecular weight is 475 g/mol. The van der Waals surface area contributed by atoms with Crippen molar-refractivity contribution in [3.63, 3.8) is 0 Å². The minimum absolute atomic E-state index is 0.0409. The highest BCUT2D eigenvalue weighted by Crippen LogP contribution is 2.48. The van der Waals surface area contributed by atoms with Gasteiger partial charge in [0.2, 0.25) is 5.82 Å². The van der Waals surface area contributed by atoms with Gasteiger partial charge in [-0.15, -0.1) is 0 Å². The second-order valence-corrected chi connectivity index (χ2v) is 11.8. The van der Waals surface area contributed by atoms with Gasteiger partial charge in [0.15, 0.2) is 11.6 Å². The number of benzene rings is 1. The first-order chi connectivity index (χ1) is 16.6. The predicted octanol–water partition coefficient (Wildman–Crippen LogP) is 9.83. The minimum atomic E-state index is -0.810. The van der Waals surface area contributed by atoms with E-state index in [4.69, 9.17) is 4.74 Å². The lowest BCUT2D eigenvalue weighted by molar-refractivity contribution is 0.108. The Morgan fingerprint density at radius 1 is 0.676 bits per heavy atom. The number of hydrogen-bond donors (Lipinski definition) is 0. The summed E-state index contributed by atoms with van der Waals surface area (Å²) < 4.78 is 34.3. The third kappa shape index (κ3) is 6.35. The summed E-state index contributed by atoms with van der Waals surface area (Å²) in [5.74, 6) is 3.35. The molecule has 0 unspecified atom stereocenters. The molecule has 0 atom stereocenters. The quantitative estimate of drug-likeness (QED) is 0.324. The molecule has 1 aromatic carbocycles. The normalized spacial score (nSPS) is 32.5. The topological polar surface area (TPSA) is 9.23 Å². The molecule has 0 heterocycles. The molecule has 0 aliphatic heterocycles. The van der Waals surface area contributed by atoms with E-state index in [2.05, 4.69) is 6.92 Å². The fourth-order valence-corrected chi connectivity index (χ4v) is 7.75. The van der Waals surface area contributed by atoms with Crippen LogP contribution in [-0.2, 0) is 0 Å². The lowest BCUT2D eigenvalue weighted by Gasteiger charge is -2.41. The molecule has 34 heavy (non-hydrogen) atoms. The van der Waals surface area contributed by atoms with Gasteiger partial charge in [-0.2, -0.15) is 4.39 Å². The van der Waals surface area contributed by atoms with Crippen LogP contribution in [-0.4, -0.2) is 6.61 Å². The van der Waals surface area contributed by atoms with E-state index in [1.54, 1.807) is 19.1 Å². The fourth-order valence-electron chi connectivity index (χ4n) is 7.75. The zero-order valence-electron chi connectivity index (χ0n) is 21.8. The Bertz CT molecular complexity index is 738. The summed E-state index contributed by atoms with van der Waals surface area (Å²) in [6, 6.07) is 3.38. The van der Waals surface area contributed by atoms with Crippen LogP contribution >= 0.6 is 0 Å². The summed E-state index contributed by atoms with van der Waals surface area (Å²) in [6.07, 6.45) is 21.7. The molecule has 3 fully saturated rings. The molecule has 3 heteroatoms. The van der Waals surface area contributed by atoms with Crippen molar-refractivity contribution in [3.05, 3.63) is 29.3 Å². The Morgan fingerprint density at radius 2 is 1.21 bits per heavy atom. The van der Waals surface area contributed by atoms with E-state index in [0.29, 0.717) is 12.2 Å². The molecule has 192 valence electrons. The van der Waals surface area contributed by atoms with Crippen molar-refractivity contribution < 1.29 is 13.5 Å². The highest BCUT2D eigenvalue weighted by molar-refractivity contribution is 5.33. The van der Waals surface area contributed by atoms with Crippen LogP contribution in [0.3, 0.4) is 0 Å². The maximum absolute atomic E-state index is 14.7. The predicted molar refractivity (Wildman–Crippen MR) is 137 cm³/mol. The van der Waals surface area contributed by atoms with Crippen molar-refractivity contribution in [3.8, 4) is 5.75 Å². The first-order valence-electron chi connectivity index (χ1n) is 14.7. The smallest absolute Gasteiger partial charge is 0.200 e. The summed E-state index contributed by atoms with van der Waals surface area (Å²) in [4.78, 5) is 0. The lowest BCUT2D eigenvalue weighted by Crippen LogP contribution is -2.29. The van der Waals surface area contributed by atoms with Crippen molar-refractivity contribution in [1.29, 1.82) is 0 Å². The van der Waals surface area contributed by atoms with Gasteiger partial charge in [0, 0.05) is 0 Å². The molecule has 4 rings (SSSR count). The summed E-state index contributed by atoms with van der Waals surface area (Å²) in [7, 11) is 0. The van der Waals surface area contributed by atoms with Gasteiger partial charge in [-0.1, -0.05) is 51.5 Å². The van der Waals surface area contributed by atoms with E-state index in [1.807, 2.05) is 0 Å². The van der Waals surface area contributed by atoms with Gasteiger partial charge in [0.25, 0.3) is 0 Å². The second kappa shape index (κ2) is 12.7. The van der Waals surface area contributed by atoms with Crippen LogP contribution in [0.5, 0.6) is 5.75 Å². The van der Waals surface area contributed by atoms with Gasteiger partial charge >= 0.3 is 0 Å². The molecule has 0 aromatic heterocycles. The van der Waals surface area contributed by atoms with Crippen LogP contribution in [0.2, 0.25) is 0 Å². The van der Waals surface area contributed by atoms with Crippen molar-refractivity contribution in [2.45, 2.75) is 122 Å². The number of rotatable bonds is 9. The Balaban J connectivity index is 1.19. The van der Waals surface area contributed by atoms with Crippen LogP contribution in [0.25, 0.3) is 0 Å². The molecule has 0 spiro atoms.